The van der Waals surface area contributed by atoms with Crippen LogP contribution >= 0.6 is 0 Å². The van der Waals surface area contributed by atoms with Crippen LogP contribution in [0.3, 0.4) is 0 Å². The lowest BCUT2D eigenvalue weighted by Gasteiger charge is -2.14. The second kappa shape index (κ2) is 5.30. The molecule has 0 radical (unpaired) electrons. The van der Waals surface area contributed by atoms with Gasteiger partial charge < -0.3 is 5.32 Å². The van der Waals surface area contributed by atoms with Crippen molar-refractivity contribution in [2.45, 2.75) is 39.7 Å². The van der Waals surface area contributed by atoms with Crippen LogP contribution in [0.5, 0.6) is 0 Å². The van der Waals surface area contributed by atoms with Gasteiger partial charge in [0, 0.05) is 17.6 Å². The maximum Gasteiger partial charge on any atom is 0.0708 e. The van der Waals surface area contributed by atoms with Gasteiger partial charge in [0.25, 0.3) is 0 Å². The Bertz CT molecular complexity index is 587. The molecule has 0 saturated carbocycles. The number of fused-ring (bicyclic) bond motifs is 2. The summed E-state index contributed by atoms with van der Waals surface area (Å²) in [6.07, 6.45) is 3.61. The SMILES string of the molecule is CC(C)CNCc1c2c(nc3ccccc13)CCC2. The average molecular weight is 254 g/mol. The van der Waals surface area contributed by atoms with E-state index in [0.717, 1.165) is 25.0 Å². The van der Waals surface area contributed by atoms with Crippen molar-refractivity contribution in [3.8, 4) is 0 Å². The summed E-state index contributed by atoms with van der Waals surface area (Å²) in [4.78, 5) is 4.83. The van der Waals surface area contributed by atoms with Crippen LogP contribution in [0.4, 0.5) is 0 Å². The lowest BCUT2D eigenvalue weighted by molar-refractivity contribution is 0.552. The molecule has 1 heterocycles. The zero-order chi connectivity index (χ0) is 13.2. The van der Waals surface area contributed by atoms with Crippen molar-refractivity contribution >= 4 is 10.9 Å². The first-order valence-corrected chi connectivity index (χ1v) is 7.36. The van der Waals surface area contributed by atoms with Crippen molar-refractivity contribution in [3.63, 3.8) is 0 Å². The fourth-order valence-electron chi connectivity index (χ4n) is 3.00. The van der Waals surface area contributed by atoms with E-state index >= 15 is 0 Å². The third-order valence-electron chi connectivity index (χ3n) is 3.89. The van der Waals surface area contributed by atoms with E-state index in [2.05, 4.69) is 43.4 Å². The summed E-state index contributed by atoms with van der Waals surface area (Å²) in [6.45, 7) is 6.55. The Morgan fingerprint density at radius 1 is 1.21 bits per heavy atom. The number of aryl methyl sites for hydroxylation is 1. The standard InChI is InChI=1S/C17H22N2/c1-12(2)10-18-11-15-13-6-3-4-8-16(13)19-17-9-5-7-14(15)17/h3-4,6,8,12,18H,5,7,9-11H2,1-2H3. The molecule has 0 bridgehead atoms. The van der Waals surface area contributed by atoms with Crippen LogP contribution in [0.1, 0.15) is 37.1 Å². The van der Waals surface area contributed by atoms with E-state index in [0.29, 0.717) is 5.92 Å². The van der Waals surface area contributed by atoms with Gasteiger partial charge >= 0.3 is 0 Å². The Labute approximate surface area is 115 Å². The number of benzene rings is 1. The quantitative estimate of drug-likeness (QED) is 0.903. The number of nitrogens with one attached hydrogen (secondary N) is 1. The fourth-order valence-corrected chi connectivity index (χ4v) is 3.00. The number of rotatable bonds is 4. The Hall–Kier alpha value is -1.41. The predicted octanol–water partition coefficient (Wildman–Crippen LogP) is 3.47. The van der Waals surface area contributed by atoms with Gasteiger partial charge in [0.2, 0.25) is 0 Å². The molecule has 0 fully saturated rings. The first-order valence-electron chi connectivity index (χ1n) is 7.36. The molecule has 2 heteroatoms. The summed E-state index contributed by atoms with van der Waals surface area (Å²) < 4.78 is 0. The molecule has 0 aliphatic heterocycles. The van der Waals surface area contributed by atoms with Crippen LogP contribution in [0.25, 0.3) is 10.9 Å². The molecule has 0 atom stereocenters. The zero-order valence-electron chi connectivity index (χ0n) is 11.9. The number of nitrogens with zero attached hydrogens (tertiary/aromatic N) is 1. The molecule has 2 nitrogen and oxygen atoms in total. The molecule has 1 N–H and O–H groups in total. The number of pyridine rings is 1. The monoisotopic (exact) mass is 254 g/mol. The second-order valence-corrected chi connectivity index (χ2v) is 5.91. The highest BCUT2D eigenvalue weighted by molar-refractivity contribution is 5.84. The Balaban J connectivity index is 2.00. The molecule has 0 amide bonds. The van der Waals surface area contributed by atoms with Gasteiger partial charge in [-0.25, -0.2) is 0 Å². The molecular formula is C17H22N2. The molecule has 0 saturated heterocycles. The van der Waals surface area contributed by atoms with Gasteiger partial charge in [0.1, 0.15) is 0 Å². The Morgan fingerprint density at radius 3 is 2.89 bits per heavy atom. The van der Waals surface area contributed by atoms with Gasteiger partial charge in [-0.2, -0.15) is 0 Å². The number of hydrogen-bond donors (Lipinski definition) is 1. The molecule has 0 unspecified atom stereocenters. The van der Waals surface area contributed by atoms with E-state index in [1.54, 1.807) is 0 Å². The minimum Gasteiger partial charge on any atom is -0.312 e. The summed E-state index contributed by atoms with van der Waals surface area (Å²) in [6, 6.07) is 8.56. The zero-order valence-corrected chi connectivity index (χ0v) is 11.9. The minimum absolute atomic E-state index is 0.696. The van der Waals surface area contributed by atoms with Crippen LogP contribution in [0.15, 0.2) is 24.3 Å². The maximum atomic E-state index is 4.83. The molecule has 100 valence electrons. The highest BCUT2D eigenvalue weighted by atomic mass is 14.9. The van der Waals surface area contributed by atoms with Gasteiger partial charge in [0.15, 0.2) is 0 Å². The summed E-state index contributed by atoms with van der Waals surface area (Å²) in [5.41, 5.74) is 5.48. The number of aromatic nitrogens is 1. The van der Waals surface area contributed by atoms with Crippen LogP contribution < -0.4 is 5.32 Å². The van der Waals surface area contributed by atoms with Gasteiger partial charge in [-0.3, -0.25) is 4.98 Å². The van der Waals surface area contributed by atoms with Crippen molar-refractivity contribution < 1.29 is 0 Å². The van der Waals surface area contributed by atoms with E-state index in [9.17, 15) is 0 Å². The second-order valence-electron chi connectivity index (χ2n) is 5.91. The molecular weight excluding hydrogens is 232 g/mol. The van der Waals surface area contributed by atoms with E-state index in [1.165, 1.54) is 35.0 Å². The van der Waals surface area contributed by atoms with Crippen molar-refractivity contribution in [1.82, 2.24) is 10.3 Å². The van der Waals surface area contributed by atoms with Crippen LogP contribution in [0, 0.1) is 5.92 Å². The maximum absolute atomic E-state index is 4.83. The molecule has 19 heavy (non-hydrogen) atoms. The van der Waals surface area contributed by atoms with E-state index in [1.807, 2.05) is 0 Å². The Kier molecular flexibility index (Phi) is 3.52. The summed E-state index contributed by atoms with van der Waals surface area (Å²) in [7, 11) is 0. The largest absolute Gasteiger partial charge is 0.312 e. The van der Waals surface area contributed by atoms with Crippen molar-refractivity contribution in [3.05, 3.63) is 41.1 Å². The number of para-hydroxylation sites is 1. The Morgan fingerprint density at radius 2 is 2.05 bits per heavy atom. The fraction of sp³-hybridized carbons (Fsp3) is 0.471. The molecule has 1 aromatic carbocycles. The smallest absolute Gasteiger partial charge is 0.0708 e. The minimum atomic E-state index is 0.696. The first-order chi connectivity index (χ1) is 9.25. The molecule has 1 aliphatic rings. The van der Waals surface area contributed by atoms with Crippen LogP contribution in [0.2, 0.25) is 0 Å². The third-order valence-corrected chi connectivity index (χ3v) is 3.89. The summed E-state index contributed by atoms with van der Waals surface area (Å²) >= 11 is 0. The summed E-state index contributed by atoms with van der Waals surface area (Å²) in [5.74, 6) is 0.696. The highest BCUT2D eigenvalue weighted by Crippen LogP contribution is 2.29. The van der Waals surface area contributed by atoms with Crippen molar-refractivity contribution in [2.75, 3.05) is 6.54 Å². The lowest BCUT2D eigenvalue weighted by atomic mass is 10.0. The third kappa shape index (κ3) is 2.50. The normalized spacial score (nSPS) is 14.3. The average Bonchev–Trinajstić information content (AvgIpc) is 2.85. The van der Waals surface area contributed by atoms with Crippen molar-refractivity contribution in [1.29, 1.82) is 0 Å². The molecule has 3 rings (SSSR count). The van der Waals surface area contributed by atoms with E-state index < -0.39 is 0 Å². The molecule has 1 aliphatic carbocycles. The predicted molar refractivity (Wildman–Crippen MR) is 80.3 cm³/mol. The molecule has 2 aromatic rings. The molecule has 0 spiro atoms. The van der Waals surface area contributed by atoms with Crippen LogP contribution in [-0.4, -0.2) is 11.5 Å². The van der Waals surface area contributed by atoms with Gasteiger partial charge in [-0.15, -0.1) is 0 Å². The molecule has 1 aromatic heterocycles. The summed E-state index contributed by atoms with van der Waals surface area (Å²) in [5, 5.41) is 4.93. The van der Waals surface area contributed by atoms with Crippen LogP contribution in [-0.2, 0) is 19.4 Å². The van der Waals surface area contributed by atoms with Gasteiger partial charge in [0.05, 0.1) is 5.52 Å². The van der Waals surface area contributed by atoms with Gasteiger partial charge in [-0.1, -0.05) is 32.0 Å². The topological polar surface area (TPSA) is 24.9 Å². The highest BCUT2D eigenvalue weighted by Gasteiger charge is 2.18. The lowest BCUT2D eigenvalue weighted by Crippen LogP contribution is -2.20. The van der Waals surface area contributed by atoms with Gasteiger partial charge in [-0.05, 0) is 48.9 Å². The first kappa shape index (κ1) is 12.6. The van der Waals surface area contributed by atoms with E-state index in [-0.39, 0.29) is 0 Å². The van der Waals surface area contributed by atoms with E-state index in [4.69, 9.17) is 4.98 Å². The number of hydrogen-bond acceptors (Lipinski definition) is 2. The van der Waals surface area contributed by atoms with Crippen molar-refractivity contribution in [2.24, 2.45) is 5.92 Å².